The van der Waals surface area contributed by atoms with Crippen LogP contribution in [0.5, 0.6) is 5.88 Å². The SMILES string of the molecule is COc1cc2c(ccn2CCCO)cn1.Nc1ccc(-c2ccc(CCCC(=O)N3CCCCC3)cc2)cn1. The van der Waals surface area contributed by atoms with Gasteiger partial charge in [-0.05, 0) is 67.9 Å². The van der Waals surface area contributed by atoms with Gasteiger partial charge in [-0.15, -0.1) is 0 Å². The zero-order chi connectivity index (χ0) is 27.5. The van der Waals surface area contributed by atoms with E-state index in [0.717, 1.165) is 73.8 Å². The first-order valence-corrected chi connectivity index (χ1v) is 13.8. The molecule has 1 fully saturated rings. The Labute approximate surface area is 230 Å². The summed E-state index contributed by atoms with van der Waals surface area (Å²) < 4.78 is 7.17. The highest BCUT2D eigenvalue weighted by molar-refractivity contribution is 5.80. The number of anilines is 1. The Bertz CT molecular complexity index is 1310. The van der Waals surface area contributed by atoms with Crippen molar-refractivity contribution in [3.8, 4) is 17.0 Å². The summed E-state index contributed by atoms with van der Waals surface area (Å²) in [5.41, 5.74) is 10.2. The van der Waals surface area contributed by atoms with Crippen LogP contribution in [-0.2, 0) is 17.8 Å². The maximum atomic E-state index is 12.2. The molecule has 0 bridgehead atoms. The van der Waals surface area contributed by atoms with Crippen LogP contribution in [0.4, 0.5) is 5.82 Å². The number of piperidine rings is 1. The number of methoxy groups -OCH3 is 1. The molecule has 1 amide bonds. The fraction of sp³-hybridized carbons (Fsp3) is 0.387. The Morgan fingerprint density at radius 1 is 0.974 bits per heavy atom. The number of pyridine rings is 2. The first-order valence-electron chi connectivity index (χ1n) is 13.8. The molecular formula is C31H39N5O3. The van der Waals surface area contributed by atoms with Gasteiger partial charge in [-0.25, -0.2) is 9.97 Å². The molecule has 1 saturated heterocycles. The van der Waals surface area contributed by atoms with Crippen molar-refractivity contribution in [2.24, 2.45) is 0 Å². The molecule has 3 aromatic heterocycles. The second kappa shape index (κ2) is 14.3. The van der Waals surface area contributed by atoms with E-state index in [-0.39, 0.29) is 6.61 Å². The average Bonchev–Trinajstić information content (AvgIpc) is 3.39. The number of aliphatic hydroxyl groups is 1. The summed E-state index contributed by atoms with van der Waals surface area (Å²) in [4.78, 5) is 22.5. The van der Waals surface area contributed by atoms with E-state index >= 15 is 0 Å². The fourth-order valence-electron chi connectivity index (χ4n) is 4.80. The molecule has 0 spiro atoms. The minimum absolute atomic E-state index is 0.210. The number of likely N-dealkylation sites (tertiary alicyclic amines) is 1. The molecule has 3 N–H and O–H groups in total. The predicted molar refractivity (Wildman–Crippen MR) is 155 cm³/mol. The van der Waals surface area contributed by atoms with E-state index in [4.69, 9.17) is 15.6 Å². The van der Waals surface area contributed by atoms with Crippen LogP contribution in [0.25, 0.3) is 22.0 Å². The quantitative estimate of drug-likeness (QED) is 0.313. The van der Waals surface area contributed by atoms with Crippen molar-refractivity contribution in [1.82, 2.24) is 19.4 Å². The lowest BCUT2D eigenvalue weighted by Gasteiger charge is -2.26. The van der Waals surface area contributed by atoms with Crippen LogP contribution in [0, 0.1) is 0 Å². The highest BCUT2D eigenvalue weighted by Gasteiger charge is 2.15. The normalized spacial score (nSPS) is 13.1. The Balaban J connectivity index is 0.000000202. The van der Waals surface area contributed by atoms with Crippen molar-refractivity contribution in [2.75, 3.05) is 32.5 Å². The third-order valence-corrected chi connectivity index (χ3v) is 7.04. The first-order chi connectivity index (χ1) is 19.1. The van der Waals surface area contributed by atoms with Crippen molar-refractivity contribution in [1.29, 1.82) is 0 Å². The van der Waals surface area contributed by atoms with Crippen LogP contribution in [0.15, 0.2) is 67.1 Å². The number of carbonyl (C=O) groups excluding carboxylic acids is 1. The molecule has 1 aromatic carbocycles. The van der Waals surface area contributed by atoms with Crippen molar-refractivity contribution >= 4 is 22.6 Å². The lowest BCUT2D eigenvalue weighted by Crippen LogP contribution is -2.35. The predicted octanol–water partition coefficient (Wildman–Crippen LogP) is 5.09. The largest absolute Gasteiger partial charge is 0.481 e. The molecule has 0 atom stereocenters. The number of nitrogen functional groups attached to an aromatic ring is 1. The van der Waals surface area contributed by atoms with Crippen molar-refractivity contribution in [3.63, 3.8) is 0 Å². The highest BCUT2D eigenvalue weighted by Crippen LogP contribution is 2.21. The number of ether oxygens (including phenoxy) is 1. The molecule has 1 aliphatic rings. The third-order valence-electron chi connectivity index (χ3n) is 7.04. The summed E-state index contributed by atoms with van der Waals surface area (Å²) in [6.45, 7) is 2.92. The number of nitrogens with two attached hydrogens (primary N) is 1. The van der Waals surface area contributed by atoms with Gasteiger partial charge in [0.15, 0.2) is 0 Å². The average molecular weight is 530 g/mol. The molecule has 206 valence electrons. The van der Waals surface area contributed by atoms with Crippen LogP contribution in [-0.4, -0.2) is 57.3 Å². The smallest absolute Gasteiger partial charge is 0.222 e. The standard InChI is InChI=1S/C20H25N3O.C11H14N2O2/c21-19-12-11-18(15-22-19)17-9-7-16(8-10-17)5-4-6-20(24)23-13-2-1-3-14-23;1-15-11-7-10-9(8-12-11)3-5-13(10)4-2-6-14/h7-12,15H,1-6,13-14H2,(H2,21,22);3,5,7-8,14H,2,4,6H2,1H3. The Hall–Kier alpha value is -3.91. The minimum atomic E-state index is 0.210. The van der Waals surface area contributed by atoms with Crippen molar-refractivity contribution in [2.45, 2.75) is 51.5 Å². The van der Waals surface area contributed by atoms with Gasteiger partial charge < -0.3 is 25.0 Å². The Morgan fingerprint density at radius 3 is 2.44 bits per heavy atom. The molecule has 39 heavy (non-hydrogen) atoms. The molecule has 5 rings (SSSR count). The first kappa shape index (κ1) is 28.1. The number of hydrogen-bond acceptors (Lipinski definition) is 6. The zero-order valence-electron chi connectivity index (χ0n) is 22.8. The van der Waals surface area contributed by atoms with E-state index in [9.17, 15) is 4.79 Å². The topological polar surface area (TPSA) is 106 Å². The van der Waals surface area contributed by atoms with Gasteiger partial charge in [0.05, 0.1) is 12.6 Å². The number of hydrogen-bond donors (Lipinski definition) is 2. The summed E-state index contributed by atoms with van der Waals surface area (Å²) in [5.74, 6) is 1.47. The maximum absolute atomic E-state index is 12.2. The second-order valence-electron chi connectivity index (χ2n) is 9.84. The van der Waals surface area contributed by atoms with Gasteiger partial charge in [-0.1, -0.05) is 24.3 Å². The number of rotatable bonds is 9. The summed E-state index contributed by atoms with van der Waals surface area (Å²) in [6.07, 6.45) is 12.4. The number of aliphatic hydroxyl groups excluding tert-OH is 1. The van der Waals surface area contributed by atoms with E-state index in [1.54, 1.807) is 19.5 Å². The molecule has 4 heterocycles. The molecule has 0 unspecified atom stereocenters. The van der Waals surface area contributed by atoms with Gasteiger partial charge in [0.1, 0.15) is 5.82 Å². The van der Waals surface area contributed by atoms with E-state index in [2.05, 4.69) is 38.8 Å². The number of carbonyl (C=O) groups is 1. The maximum Gasteiger partial charge on any atom is 0.222 e. The lowest BCUT2D eigenvalue weighted by molar-refractivity contribution is -0.132. The fourth-order valence-corrected chi connectivity index (χ4v) is 4.80. The summed E-state index contributed by atoms with van der Waals surface area (Å²) in [6, 6.07) is 16.2. The number of amides is 1. The Kier molecular flexibility index (Phi) is 10.3. The summed E-state index contributed by atoms with van der Waals surface area (Å²) >= 11 is 0. The van der Waals surface area contributed by atoms with Gasteiger partial charge >= 0.3 is 0 Å². The molecule has 0 radical (unpaired) electrons. The lowest BCUT2D eigenvalue weighted by atomic mass is 10.0. The monoisotopic (exact) mass is 529 g/mol. The summed E-state index contributed by atoms with van der Waals surface area (Å²) in [7, 11) is 1.61. The number of aryl methyl sites for hydroxylation is 2. The van der Waals surface area contributed by atoms with E-state index in [0.29, 0.717) is 24.0 Å². The van der Waals surface area contributed by atoms with Gasteiger partial charge in [0.25, 0.3) is 0 Å². The van der Waals surface area contributed by atoms with Crippen LogP contribution < -0.4 is 10.5 Å². The van der Waals surface area contributed by atoms with Crippen LogP contribution in [0.1, 0.15) is 44.1 Å². The van der Waals surface area contributed by atoms with Gasteiger partial charge in [0, 0.05) is 68.3 Å². The summed E-state index contributed by atoms with van der Waals surface area (Å²) in [5, 5.41) is 9.88. The number of benzene rings is 1. The minimum Gasteiger partial charge on any atom is -0.481 e. The second-order valence-corrected chi connectivity index (χ2v) is 9.84. The van der Waals surface area contributed by atoms with E-state index in [1.807, 2.05) is 35.4 Å². The highest BCUT2D eigenvalue weighted by atomic mass is 16.5. The van der Waals surface area contributed by atoms with Crippen LogP contribution >= 0.6 is 0 Å². The molecule has 8 nitrogen and oxygen atoms in total. The molecule has 0 saturated carbocycles. The zero-order valence-corrected chi connectivity index (χ0v) is 22.8. The third kappa shape index (κ3) is 8.04. The van der Waals surface area contributed by atoms with E-state index in [1.165, 1.54) is 12.0 Å². The van der Waals surface area contributed by atoms with Gasteiger partial charge in [-0.2, -0.15) is 0 Å². The number of aromatic nitrogens is 3. The van der Waals surface area contributed by atoms with Crippen molar-refractivity contribution < 1.29 is 14.6 Å². The number of nitrogens with zero attached hydrogens (tertiary/aromatic N) is 4. The van der Waals surface area contributed by atoms with E-state index < -0.39 is 0 Å². The van der Waals surface area contributed by atoms with Gasteiger partial charge in [0.2, 0.25) is 11.8 Å². The molecular weight excluding hydrogens is 490 g/mol. The van der Waals surface area contributed by atoms with Crippen LogP contribution in [0.3, 0.4) is 0 Å². The number of fused-ring (bicyclic) bond motifs is 1. The Morgan fingerprint density at radius 2 is 1.74 bits per heavy atom. The molecule has 4 aromatic rings. The van der Waals surface area contributed by atoms with Crippen molar-refractivity contribution in [3.05, 3.63) is 72.7 Å². The van der Waals surface area contributed by atoms with Crippen LogP contribution in [0.2, 0.25) is 0 Å². The molecule has 1 aliphatic heterocycles. The molecule has 8 heteroatoms. The van der Waals surface area contributed by atoms with Gasteiger partial charge in [-0.3, -0.25) is 4.79 Å². The molecule has 0 aliphatic carbocycles.